The summed E-state index contributed by atoms with van der Waals surface area (Å²) in [4.78, 5) is 26.1. The van der Waals surface area contributed by atoms with Crippen molar-refractivity contribution in [1.29, 1.82) is 0 Å². The fourth-order valence-electron chi connectivity index (χ4n) is 1.58. The molecule has 1 fully saturated rings. The summed E-state index contributed by atoms with van der Waals surface area (Å²) in [6, 6.07) is 6.87. The first-order valence-corrected chi connectivity index (χ1v) is 5.25. The number of carbonyl (C=O) groups excluding carboxylic acids is 2. The van der Waals surface area contributed by atoms with Crippen LogP contribution in [0.2, 0.25) is 5.02 Å². The molecule has 0 bridgehead atoms. The number of carbonyl (C=O) groups is 2. The van der Waals surface area contributed by atoms with E-state index in [4.69, 9.17) is 11.6 Å². The van der Waals surface area contributed by atoms with E-state index < -0.39 is 0 Å². The van der Waals surface area contributed by atoms with Crippen molar-refractivity contribution >= 4 is 29.1 Å². The van der Waals surface area contributed by atoms with Gasteiger partial charge in [-0.3, -0.25) is 9.59 Å². The van der Waals surface area contributed by atoms with Crippen LogP contribution in [0.4, 0.5) is 5.69 Å². The summed E-state index contributed by atoms with van der Waals surface area (Å²) in [6.45, 7) is 0.221. The second-order valence-corrected chi connectivity index (χ2v) is 4.14. The van der Waals surface area contributed by atoms with Gasteiger partial charge >= 0.3 is 0 Å². The highest BCUT2D eigenvalue weighted by Crippen LogP contribution is 2.19. The van der Waals surface area contributed by atoms with Gasteiger partial charge in [-0.25, -0.2) is 0 Å². The van der Waals surface area contributed by atoms with Gasteiger partial charge in [-0.05, 0) is 24.3 Å². The number of amides is 2. The lowest BCUT2D eigenvalue weighted by Crippen LogP contribution is -2.52. The quantitative estimate of drug-likeness (QED) is 0.736. The average Bonchev–Trinajstić information content (AvgIpc) is 2.25. The standard InChI is InChI=1S/C11H11ClN2O2/c1-13-6-11(16)14(7-10(13)15)9-4-2-8(12)3-5-9/h2-5H,6-7H2,1H3. The molecule has 0 atom stereocenters. The Morgan fingerprint density at radius 2 is 1.69 bits per heavy atom. The summed E-state index contributed by atoms with van der Waals surface area (Å²) in [5, 5.41) is 0.608. The van der Waals surface area contributed by atoms with Gasteiger partial charge < -0.3 is 9.80 Å². The van der Waals surface area contributed by atoms with Crippen LogP contribution in [0.1, 0.15) is 0 Å². The third kappa shape index (κ3) is 2.02. The summed E-state index contributed by atoms with van der Waals surface area (Å²) in [5.41, 5.74) is 0.704. The van der Waals surface area contributed by atoms with Crippen LogP contribution in [0.15, 0.2) is 24.3 Å². The Kier molecular flexibility index (Phi) is 2.83. The Balaban J connectivity index is 2.24. The van der Waals surface area contributed by atoms with E-state index in [-0.39, 0.29) is 24.9 Å². The molecule has 4 nitrogen and oxygen atoms in total. The fraction of sp³-hybridized carbons (Fsp3) is 0.273. The summed E-state index contributed by atoms with van der Waals surface area (Å²) in [6.07, 6.45) is 0. The SMILES string of the molecule is CN1CC(=O)N(c2ccc(Cl)cc2)CC1=O. The molecule has 1 aliphatic rings. The maximum atomic E-state index is 11.7. The highest BCUT2D eigenvalue weighted by Gasteiger charge is 2.28. The van der Waals surface area contributed by atoms with Gasteiger partial charge in [0.15, 0.2) is 0 Å². The average molecular weight is 239 g/mol. The number of hydrogen-bond donors (Lipinski definition) is 0. The minimum atomic E-state index is -0.0792. The number of halogens is 1. The molecule has 0 spiro atoms. The van der Waals surface area contributed by atoms with E-state index in [1.165, 1.54) is 9.80 Å². The van der Waals surface area contributed by atoms with E-state index in [2.05, 4.69) is 0 Å². The molecule has 1 saturated heterocycles. The smallest absolute Gasteiger partial charge is 0.247 e. The van der Waals surface area contributed by atoms with Gasteiger partial charge in [-0.15, -0.1) is 0 Å². The number of hydrogen-bond acceptors (Lipinski definition) is 2. The summed E-state index contributed by atoms with van der Waals surface area (Å²) >= 11 is 5.76. The monoisotopic (exact) mass is 238 g/mol. The van der Waals surface area contributed by atoms with Crippen molar-refractivity contribution in [2.75, 3.05) is 25.0 Å². The zero-order valence-electron chi connectivity index (χ0n) is 8.81. The number of likely N-dealkylation sites (N-methyl/N-ethyl adjacent to an activating group) is 1. The molecule has 0 aromatic heterocycles. The van der Waals surface area contributed by atoms with Crippen molar-refractivity contribution < 1.29 is 9.59 Å². The molecular formula is C11H11ClN2O2. The summed E-state index contributed by atoms with van der Waals surface area (Å²) in [7, 11) is 1.62. The van der Waals surface area contributed by atoms with Crippen LogP contribution in [0.3, 0.4) is 0 Å². The Hall–Kier alpha value is -1.55. The van der Waals surface area contributed by atoms with Crippen LogP contribution in [0.5, 0.6) is 0 Å². The lowest BCUT2D eigenvalue weighted by Gasteiger charge is -2.31. The third-order valence-electron chi connectivity index (χ3n) is 2.53. The van der Waals surface area contributed by atoms with Gasteiger partial charge in [0.05, 0.1) is 6.54 Å². The van der Waals surface area contributed by atoms with E-state index in [0.717, 1.165) is 0 Å². The zero-order valence-corrected chi connectivity index (χ0v) is 9.57. The minimum absolute atomic E-state index is 0.0606. The van der Waals surface area contributed by atoms with Crippen LogP contribution in [0, 0.1) is 0 Å². The fourth-order valence-corrected chi connectivity index (χ4v) is 1.70. The first kappa shape index (κ1) is 11.0. The highest BCUT2D eigenvalue weighted by molar-refractivity contribution is 6.30. The third-order valence-corrected chi connectivity index (χ3v) is 2.78. The molecule has 84 valence electrons. The van der Waals surface area contributed by atoms with Gasteiger partial charge in [0, 0.05) is 17.8 Å². The van der Waals surface area contributed by atoms with Gasteiger partial charge in [0.25, 0.3) is 0 Å². The molecule has 0 N–H and O–H groups in total. The van der Waals surface area contributed by atoms with E-state index in [9.17, 15) is 9.59 Å². The van der Waals surface area contributed by atoms with Crippen LogP contribution < -0.4 is 4.90 Å². The number of nitrogens with zero attached hydrogens (tertiary/aromatic N) is 2. The Bertz CT molecular complexity index is 430. The Labute approximate surface area is 98.4 Å². The number of piperazine rings is 1. The van der Waals surface area contributed by atoms with Gasteiger partial charge in [0.1, 0.15) is 6.54 Å². The van der Waals surface area contributed by atoms with Gasteiger partial charge in [-0.2, -0.15) is 0 Å². The first-order valence-electron chi connectivity index (χ1n) is 4.88. The topological polar surface area (TPSA) is 40.6 Å². The van der Waals surface area contributed by atoms with Gasteiger partial charge in [-0.1, -0.05) is 11.6 Å². The molecule has 1 aliphatic heterocycles. The Morgan fingerprint density at radius 3 is 2.31 bits per heavy atom. The molecule has 16 heavy (non-hydrogen) atoms. The first-order chi connectivity index (χ1) is 7.58. The van der Waals surface area contributed by atoms with Crippen molar-refractivity contribution in [3.8, 4) is 0 Å². The zero-order chi connectivity index (χ0) is 11.7. The Morgan fingerprint density at radius 1 is 1.06 bits per heavy atom. The lowest BCUT2D eigenvalue weighted by atomic mass is 10.2. The number of rotatable bonds is 1. The second kappa shape index (κ2) is 4.14. The van der Waals surface area contributed by atoms with E-state index >= 15 is 0 Å². The second-order valence-electron chi connectivity index (χ2n) is 3.71. The number of benzene rings is 1. The molecule has 5 heteroatoms. The molecule has 2 amide bonds. The summed E-state index contributed by atoms with van der Waals surface area (Å²) in [5.74, 6) is -0.140. The molecular weight excluding hydrogens is 228 g/mol. The largest absolute Gasteiger partial charge is 0.335 e. The minimum Gasteiger partial charge on any atom is -0.335 e. The van der Waals surface area contributed by atoms with E-state index in [0.29, 0.717) is 10.7 Å². The molecule has 1 heterocycles. The van der Waals surface area contributed by atoms with Crippen LogP contribution in [-0.2, 0) is 9.59 Å². The van der Waals surface area contributed by atoms with Crippen molar-refractivity contribution in [2.24, 2.45) is 0 Å². The molecule has 0 unspecified atom stereocenters. The maximum Gasteiger partial charge on any atom is 0.247 e. The van der Waals surface area contributed by atoms with Crippen molar-refractivity contribution in [3.63, 3.8) is 0 Å². The number of anilines is 1. The molecule has 2 rings (SSSR count). The molecule has 0 aliphatic carbocycles. The van der Waals surface area contributed by atoms with E-state index in [1.807, 2.05) is 0 Å². The molecule has 1 aromatic rings. The van der Waals surface area contributed by atoms with Crippen molar-refractivity contribution in [2.45, 2.75) is 0 Å². The maximum absolute atomic E-state index is 11.7. The summed E-state index contributed by atoms with van der Waals surface area (Å²) < 4.78 is 0. The normalized spacial score (nSPS) is 16.9. The molecule has 0 saturated carbocycles. The van der Waals surface area contributed by atoms with E-state index in [1.54, 1.807) is 31.3 Å². The highest BCUT2D eigenvalue weighted by atomic mass is 35.5. The lowest BCUT2D eigenvalue weighted by molar-refractivity contribution is -0.136. The molecule has 0 radical (unpaired) electrons. The van der Waals surface area contributed by atoms with Crippen LogP contribution in [-0.4, -0.2) is 36.9 Å². The van der Waals surface area contributed by atoms with Crippen LogP contribution >= 0.6 is 11.6 Å². The van der Waals surface area contributed by atoms with Crippen molar-refractivity contribution in [1.82, 2.24) is 4.90 Å². The van der Waals surface area contributed by atoms with Crippen molar-refractivity contribution in [3.05, 3.63) is 29.3 Å². The van der Waals surface area contributed by atoms with Gasteiger partial charge in [0.2, 0.25) is 11.8 Å². The molecule has 1 aromatic carbocycles. The van der Waals surface area contributed by atoms with Crippen LogP contribution in [0.25, 0.3) is 0 Å². The predicted molar refractivity (Wildman–Crippen MR) is 61.4 cm³/mol. The predicted octanol–water partition coefficient (Wildman–Crippen LogP) is 1.15.